The molecule has 10 nitrogen and oxygen atoms in total. The van der Waals surface area contributed by atoms with Crippen LogP contribution in [0, 0.1) is 17.1 Å². The third-order valence-electron chi connectivity index (χ3n) is 7.64. The van der Waals surface area contributed by atoms with Crippen LogP contribution in [-0.2, 0) is 29.2 Å². The molecule has 0 spiro atoms. The summed E-state index contributed by atoms with van der Waals surface area (Å²) in [5.74, 6) is 1.39. The number of halogens is 1. The number of nitriles is 1. The van der Waals surface area contributed by atoms with Crippen molar-refractivity contribution in [3.63, 3.8) is 0 Å². The minimum Gasteiger partial charge on any atom is -0.473 e. The zero-order chi connectivity index (χ0) is 29.1. The summed E-state index contributed by atoms with van der Waals surface area (Å²) in [6.45, 7) is 5.60. The molecule has 2 aliphatic rings. The SMILES string of the molecule is COC(=O)c1cc2c(nc(CN3CCCN(c4cccc(OCc5ccc(C#N)cc5F)n4)CC3)n2CC2CCO2)s1. The molecule has 0 bridgehead atoms. The molecule has 2 fully saturated rings. The van der Waals surface area contributed by atoms with Gasteiger partial charge in [-0.25, -0.2) is 14.2 Å². The van der Waals surface area contributed by atoms with Crippen molar-refractivity contribution in [1.82, 2.24) is 19.4 Å². The smallest absolute Gasteiger partial charge is 0.348 e. The monoisotopic (exact) mass is 590 g/mol. The molecule has 4 aromatic rings. The summed E-state index contributed by atoms with van der Waals surface area (Å²) < 4.78 is 32.9. The molecule has 2 aliphatic heterocycles. The van der Waals surface area contributed by atoms with E-state index in [1.165, 1.54) is 24.5 Å². The number of benzene rings is 1. The summed E-state index contributed by atoms with van der Waals surface area (Å²) in [5.41, 5.74) is 1.59. The van der Waals surface area contributed by atoms with Gasteiger partial charge in [0, 0.05) is 44.4 Å². The predicted molar refractivity (Wildman–Crippen MR) is 155 cm³/mol. The molecule has 42 heavy (non-hydrogen) atoms. The van der Waals surface area contributed by atoms with Gasteiger partial charge in [0.2, 0.25) is 5.88 Å². The highest BCUT2D eigenvalue weighted by Crippen LogP contribution is 2.29. The molecule has 218 valence electrons. The first-order valence-electron chi connectivity index (χ1n) is 14.0. The van der Waals surface area contributed by atoms with Gasteiger partial charge in [-0.2, -0.15) is 10.2 Å². The number of anilines is 1. The standard InChI is InChI=1S/C30H31FN6O4S/c1-39-30(38)25-15-24-29(42-25)34-27(37(24)17-22-8-13-40-22)18-35-9-3-10-36(12-11-35)26-4-2-5-28(33-26)41-19-21-7-6-20(16-32)14-23(21)31/h2,4-7,14-15,22H,3,8-13,17-19H2,1H3. The Morgan fingerprint density at radius 3 is 2.83 bits per heavy atom. The Labute approximate surface area is 246 Å². The summed E-state index contributed by atoms with van der Waals surface area (Å²) in [6.07, 6.45) is 2.14. The normalized spacial score (nSPS) is 17.5. The molecule has 1 aromatic carbocycles. The zero-order valence-corrected chi connectivity index (χ0v) is 24.1. The minimum absolute atomic E-state index is 0.0267. The first kappa shape index (κ1) is 28.1. The lowest BCUT2D eigenvalue weighted by Crippen LogP contribution is -2.34. The van der Waals surface area contributed by atoms with E-state index in [9.17, 15) is 9.18 Å². The van der Waals surface area contributed by atoms with Gasteiger partial charge in [0.25, 0.3) is 0 Å². The number of aromatic nitrogens is 3. The maximum Gasteiger partial charge on any atom is 0.348 e. The number of esters is 1. The second-order valence-corrected chi connectivity index (χ2v) is 11.4. The topological polar surface area (TPSA) is 106 Å². The van der Waals surface area contributed by atoms with Gasteiger partial charge in [-0.05, 0) is 37.1 Å². The Morgan fingerprint density at radius 1 is 1.19 bits per heavy atom. The first-order chi connectivity index (χ1) is 20.5. The van der Waals surface area contributed by atoms with Gasteiger partial charge in [-0.1, -0.05) is 12.1 Å². The largest absolute Gasteiger partial charge is 0.473 e. The minimum atomic E-state index is -0.470. The number of hydrogen-bond acceptors (Lipinski definition) is 10. The average Bonchev–Trinajstić information content (AvgIpc) is 3.43. The van der Waals surface area contributed by atoms with Crippen molar-refractivity contribution in [2.75, 3.05) is 44.8 Å². The third-order valence-corrected chi connectivity index (χ3v) is 8.64. The number of imidazole rings is 1. The maximum absolute atomic E-state index is 14.3. The fourth-order valence-electron chi connectivity index (χ4n) is 5.22. The summed E-state index contributed by atoms with van der Waals surface area (Å²) in [5, 5.41) is 8.95. The van der Waals surface area contributed by atoms with Crippen LogP contribution in [0.2, 0.25) is 0 Å². The Kier molecular flexibility index (Phi) is 8.32. The van der Waals surface area contributed by atoms with Crippen LogP contribution < -0.4 is 9.64 Å². The molecule has 1 unspecified atom stereocenters. The number of methoxy groups -OCH3 is 1. The highest BCUT2D eigenvalue weighted by Gasteiger charge is 2.26. The number of ether oxygens (including phenoxy) is 3. The van der Waals surface area contributed by atoms with Gasteiger partial charge in [0.15, 0.2) is 0 Å². The number of carbonyl (C=O) groups is 1. The molecule has 0 amide bonds. The fraction of sp³-hybridized carbons (Fsp3) is 0.400. The number of pyridine rings is 1. The highest BCUT2D eigenvalue weighted by molar-refractivity contribution is 7.20. The van der Waals surface area contributed by atoms with E-state index < -0.39 is 5.82 Å². The summed E-state index contributed by atoms with van der Waals surface area (Å²) in [6, 6.07) is 13.8. The number of nitrogens with zero attached hydrogens (tertiary/aromatic N) is 6. The highest BCUT2D eigenvalue weighted by atomic mass is 32.1. The second kappa shape index (κ2) is 12.4. The van der Waals surface area contributed by atoms with Crippen molar-refractivity contribution in [2.45, 2.75) is 38.6 Å². The van der Waals surface area contributed by atoms with Gasteiger partial charge in [-0.15, -0.1) is 11.3 Å². The Hall–Kier alpha value is -4.05. The molecule has 3 aromatic heterocycles. The number of hydrogen-bond donors (Lipinski definition) is 0. The van der Waals surface area contributed by atoms with E-state index >= 15 is 0 Å². The summed E-state index contributed by atoms with van der Waals surface area (Å²) in [4.78, 5) is 27.7. The molecule has 6 rings (SSSR count). The number of fused-ring (bicyclic) bond motifs is 1. The van der Waals surface area contributed by atoms with Crippen LogP contribution in [0.1, 0.15) is 39.5 Å². The van der Waals surface area contributed by atoms with Gasteiger partial charge in [0.1, 0.15) is 33.8 Å². The number of thiophene rings is 1. The van der Waals surface area contributed by atoms with Crippen molar-refractivity contribution < 1.29 is 23.4 Å². The molecule has 2 saturated heterocycles. The predicted octanol–water partition coefficient (Wildman–Crippen LogP) is 4.37. The van der Waals surface area contributed by atoms with E-state index in [-0.39, 0.29) is 24.2 Å². The van der Waals surface area contributed by atoms with E-state index in [0.717, 1.165) is 67.6 Å². The van der Waals surface area contributed by atoms with Crippen molar-refractivity contribution >= 4 is 33.5 Å². The molecule has 0 aliphatic carbocycles. The number of rotatable bonds is 9. The second-order valence-electron chi connectivity index (χ2n) is 10.4. The van der Waals surface area contributed by atoms with Crippen molar-refractivity contribution in [3.05, 3.63) is 70.1 Å². The average molecular weight is 591 g/mol. The van der Waals surface area contributed by atoms with Gasteiger partial charge in [-0.3, -0.25) is 4.90 Å². The van der Waals surface area contributed by atoms with Gasteiger partial charge < -0.3 is 23.7 Å². The molecular weight excluding hydrogens is 559 g/mol. The summed E-state index contributed by atoms with van der Waals surface area (Å²) >= 11 is 1.36. The van der Waals surface area contributed by atoms with Crippen LogP contribution in [0.15, 0.2) is 42.5 Å². The van der Waals surface area contributed by atoms with E-state index in [2.05, 4.69) is 19.4 Å². The van der Waals surface area contributed by atoms with Crippen LogP contribution in [0.5, 0.6) is 5.88 Å². The van der Waals surface area contributed by atoms with Crippen LogP contribution in [0.3, 0.4) is 0 Å². The lowest BCUT2D eigenvalue weighted by Gasteiger charge is -2.28. The lowest BCUT2D eigenvalue weighted by molar-refractivity contribution is -0.0591. The zero-order valence-electron chi connectivity index (χ0n) is 23.3. The Balaban J connectivity index is 1.11. The van der Waals surface area contributed by atoms with Gasteiger partial charge in [0.05, 0.1) is 43.5 Å². The van der Waals surface area contributed by atoms with Crippen LogP contribution in [0.25, 0.3) is 10.3 Å². The van der Waals surface area contributed by atoms with E-state index in [0.29, 0.717) is 29.4 Å². The van der Waals surface area contributed by atoms with Crippen molar-refractivity contribution in [1.29, 1.82) is 5.26 Å². The molecule has 0 N–H and O–H groups in total. The molecule has 1 atom stereocenters. The lowest BCUT2D eigenvalue weighted by atomic mass is 10.1. The quantitative estimate of drug-likeness (QED) is 0.263. The van der Waals surface area contributed by atoms with Crippen LogP contribution >= 0.6 is 11.3 Å². The number of carbonyl (C=O) groups excluding carboxylic acids is 1. The molecule has 12 heteroatoms. The Bertz CT molecular complexity index is 1630. The van der Waals surface area contributed by atoms with Crippen molar-refractivity contribution in [3.8, 4) is 11.9 Å². The molecule has 5 heterocycles. The Morgan fingerprint density at radius 2 is 2.07 bits per heavy atom. The van der Waals surface area contributed by atoms with Crippen LogP contribution in [0.4, 0.5) is 10.2 Å². The fourth-order valence-corrected chi connectivity index (χ4v) is 6.19. The van der Waals surface area contributed by atoms with E-state index in [4.69, 9.17) is 24.5 Å². The van der Waals surface area contributed by atoms with E-state index in [1.807, 2.05) is 24.3 Å². The first-order valence-corrected chi connectivity index (χ1v) is 14.8. The third kappa shape index (κ3) is 6.09. The van der Waals surface area contributed by atoms with Crippen LogP contribution in [-0.4, -0.2) is 71.4 Å². The molecular formula is C30H31FN6O4S. The summed E-state index contributed by atoms with van der Waals surface area (Å²) in [7, 11) is 1.39. The molecule has 0 radical (unpaired) electrons. The van der Waals surface area contributed by atoms with E-state index in [1.54, 1.807) is 18.2 Å². The maximum atomic E-state index is 14.3. The molecule has 0 saturated carbocycles. The van der Waals surface area contributed by atoms with Crippen molar-refractivity contribution in [2.24, 2.45) is 0 Å². The van der Waals surface area contributed by atoms with Gasteiger partial charge >= 0.3 is 5.97 Å².